The molecule has 0 unspecified atom stereocenters. The van der Waals surface area contributed by atoms with Gasteiger partial charge in [-0.1, -0.05) is 43.3 Å². The number of amides is 1. The average molecular weight is 337 g/mol. The minimum Gasteiger partial charge on any atom is -0.335 e. The van der Waals surface area contributed by atoms with Crippen LogP contribution in [0.15, 0.2) is 59.5 Å². The fraction of sp³-hybridized carbons (Fsp3) is 0.300. The molecule has 0 bridgehead atoms. The van der Waals surface area contributed by atoms with Crippen molar-refractivity contribution < 1.29 is 4.79 Å². The van der Waals surface area contributed by atoms with Crippen molar-refractivity contribution in [3.63, 3.8) is 0 Å². The van der Waals surface area contributed by atoms with E-state index in [-0.39, 0.29) is 11.5 Å². The molecule has 0 saturated carbocycles. The van der Waals surface area contributed by atoms with E-state index < -0.39 is 0 Å². The van der Waals surface area contributed by atoms with Crippen molar-refractivity contribution in [2.45, 2.75) is 6.92 Å². The first-order valence-corrected chi connectivity index (χ1v) is 8.65. The Labute approximate surface area is 147 Å². The summed E-state index contributed by atoms with van der Waals surface area (Å²) in [7, 11) is 0. The predicted molar refractivity (Wildman–Crippen MR) is 100 cm³/mol. The molecule has 1 saturated heterocycles. The van der Waals surface area contributed by atoms with Crippen LogP contribution in [0.3, 0.4) is 0 Å². The van der Waals surface area contributed by atoms with Crippen LogP contribution in [0.25, 0.3) is 11.8 Å². The number of likely N-dealkylation sites (N-methyl/N-ethyl adjacent to an activating group) is 1. The van der Waals surface area contributed by atoms with E-state index in [9.17, 15) is 9.59 Å². The van der Waals surface area contributed by atoms with E-state index in [1.165, 1.54) is 10.6 Å². The number of carbonyl (C=O) groups excluding carboxylic acids is 1. The first-order chi connectivity index (χ1) is 12.2. The zero-order valence-electron chi connectivity index (χ0n) is 14.5. The average Bonchev–Trinajstić information content (AvgIpc) is 2.67. The van der Waals surface area contributed by atoms with Gasteiger partial charge in [0.2, 0.25) is 0 Å². The van der Waals surface area contributed by atoms with E-state index in [4.69, 9.17) is 0 Å². The SMILES string of the molecule is CCN1CCN(C(=O)C(=Cc2ccccc2)n2ccccc2=O)CC1. The van der Waals surface area contributed by atoms with Crippen LogP contribution >= 0.6 is 0 Å². The smallest absolute Gasteiger partial charge is 0.271 e. The number of rotatable bonds is 4. The second kappa shape index (κ2) is 7.94. The lowest BCUT2D eigenvalue weighted by Crippen LogP contribution is -2.49. The van der Waals surface area contributed by atoms with Gasteiger partial charge in [-0.25, -0.2) is 0 Å². The Bertz CT molecular complexity index is 803. The number of hydrogen-bond acceptors (Lipinski definition) is 3. The molecule has 1 aliphatic rings. The highest BCUT2D eigenvalue weighted by Gasteiger charge is 2.24. The number of benzene rings is 1. The Morgan fingerprint density at radius 3 is 2.32 bits per heavy atom. The molecule has 0 spiro atoms. The normalized spacial score (nSPS) is 16.0. The van der Waals surface area contributed by atoms with Crippen molar-refractivity contribution in [1.29, 1.82) is 0 Å². The summed E-state index contributed by atoms with van der Waals surface area (Å²) in [4.78, 5) is 29.6. The molecule has 2 aromatic rings. The maximum absolute atomic E-state index is 13.1. The first-order valence-electron chi connectivity index (χ1n) is 8.65. The van der Waals surface area contributed by atoms with Crippen molar-refractivity contribution in [2.24, 2.45) is 0 Å². The highest BCUT2D eigenvalue weighted by molar-refractivity contribution is 6.18. The van der Waals surface area contributed by atoms with Crippen molar-refractivity contribution >= 4 is 17.7 Å². The van der Waals surface area contributed by atoms with E-state index >= 15 is 0 Å². The Morgan fingerprint density at radius 2 is 1.68 bits per heavy atom. The Kier molecular flexibility index (Phi) is 5.46. The third-order valence-electron chi connectivity index (χ3n) is 4.51. The molecule has 0 aliphatic carbocycles. The van der Waals surface area contributed by atoms with Crippen molar-refractivity contribution in [1.82, 2.24) is 14.4 Å². The fourth-order valence-corrected chi connectivity index (χ4v) is 3.00. The van der Waals surface area contributed by atoms with Crippen LogP contribution in [-0.2, 0) is 4.79 Å². The molecule has 3 rings (SSSR count). The lowest BCUT2D eigenvalue weighted by Gasteiger charge is -2.34. The van der Waals surface area contributed by atoms with Crippen molar-refractivity contribution in [3.05, 3.63) is 70.6 Å². The predicted octanol–water partition coefficient (Wildman–Crippen LogP) is 2.01. The summed E-state index contributed by atoms with van der Waals surface area (Å²) in [5, 5.41) is 0. The molecule has 130 valence electrons. The van der Waals surface area contributed by atoms with Crippen LogP contribution in [0.4, 0.5) is 0 Å². The Balaban J connectivity index is 1.95. The molecule has 5 heteroatoms. The maximum Gasteiger partial charge on any atom is 0.271 e. The number of hydrogen-bond donors (Lipinski definition) is 0. The number of carbonyl (C=O) groups is 1. The maximum atomic E-state index is 13.1. The third kappa shape index (κ3) is 4.06. The van der Waals surface area contributed by atoms with Crippen LogP contribution in [-0.4, -0.2) is 53.0 Å². The largest absolute Gasteiger partial charge is 0.335 e. The van der Waals surface area contributed by atoms with Gasteiger partial charge in [-0.05, 0) is 24.3 Å². The van der Waals surface area contributed by atoms with Gasteiger partial charge in [0.25, 0.3) is 11.5 Å². The molecular formula is C20H23N3O2. The molecule has 0 atom stereocenters. The van der Waals surface area contributed by atoms with Gasteiger partial charge >= 0.3 is 0 Å². The molecule has 1 fully saturated rings. The molecule has 1 aromatic carbocycles. The highest BCUT2D eigenvalue weighted by Crippen LogP contribution is 2.15. The van der Waals surface area contributed by atoms with E-state index in [1.807, 2.05) is 35.2 Å². The van der Waals surface area contributed by atoms with Crippen LogP contribution < -0.4 is 5.56 Å². The zero-order valence-corrected chi connectivity index (χ0v) is 14.5. The molecule has 2 heterocycles. The zero-order chi connectivity index (χ0) is 17.6. The van der Waals surface area contributed by atoms with Gasteiger partial charge < -0.3 is 9.80 Å². The highest BCUT2D eigenvalue weighted by atomic mass is 16.2. The van der Waals surface area contributed by atoms with Crippen LogP contribution in [0.5, 0.6) is 0 Å². The van der Waals surface area contributed by atoms with Gasteiger partial charge in [0.05, 0.1) is 0 Å². The van der Waals surface area contributed by atoms with Gasteiger partial charge in [-0.15, -0.1) is 0 Å². The van der Waals surface area contributed by atoms with E-state index in [2.05, 4.69) is 11.8 Å². The molecule has 1 aromatic heterocycles. The number of aromatic nitrogens is 1. The van der Waals surface area contributed by atoms with Crippen LogP contribution in [0.2, 0.25) is 0 Å². The minimum absolute atomic E-state index is 0.104. The summed E-state index contributed by atoms with van der Waals surface area (Å²) in [6, 6.07) is 14.5. The summed E-state index contributed by atoms with van der Waals surface area (Å²) in [6.45, 7) is 6.21. The summed E-state index contributed by atoms with van der Waals surface area (Å²) in [6.07, 6.45) is 3.44. The minimum atomic E-state index is -0.203. The van der Waals surface area contributed by atoms with Gasteiger partial charge in [0, 0.05) is 38.4 Å². The number of piperazine rings is 1. The second-order valence-corrected chi connectivity index (χ2v) is 6.08. The lowest BCUT2D eigenvalue weighted by molar-refractivity contribution is -0.127. The fourth-order valence-electron chi connectivity index (χ4n) is 3.00. The molecular weight excluding hydrogens is 314 g/mol. The van der Waals surface area contributed by atoms with Gasteiger partial charge in [0.1, 0.15) is 5.70 Å². The van der Waals surface area contributed by atoms with Crippen molar-refractivity contribution in [3.8, 4) is 0 Å². The van der Waals surface area contributed by atoms with E-state index in [1.54, 1.807) is 24.4 Å². The molecule has 1 amide bonds. The summed E-state index contributed by atoms with van der Waals surface area (Å²) in [5.74, 6) is -0.104. The summed E-state index contributed by atoms with van der Waals surface area (Å²) >= 11 is 0. The van der Waals surface area contributed by atoms with Crippen molar-refractivity contribution in [2.75, 3.05) is 32.7 Å². The number of pyridine rings is 1. The molecule has 25 heavy (non-hydrogen) atoms. The standard InChI is InChI=1S/C20H23N3O2/c1-2-21-12-14-22(15-13-21)20(25)18(16-17-8-4-3-5-9-17)23-11-7-6-10-19(23)24/h3-11,16H,2,12-15H2,1H3. The van der Waals surface area contributed by atoms with Crippen LogP contribution in [0.1, 0.15) is 12.5 Å². The molecule has 0 radical (unpaired) electrons. The summed E-state index contributed by atoms with van der Waals surface area (Å²) in [5.41, 5.74) is 1.08. The monoisotopic (exact) mass is 337 g/mol. The number of nitrogens with zero attached hydrogens (tertiary/aromatic N) is 3. The van der Waals surface area contributed by atoms with Crippen LogP contribution in [0, 0.1) is 0 Å². The Morgan fingerprint density at radius 1 is 1.00 bits per heavy atom. The topological polar surface area (TPSA) is 45.5 Å². The van der Waals surface area contributed by atoms with Gasteiger partial charge in [-0.3, -0.25) is 14.2 Å². The van der Waals surface area contributed by atoms with Gasteiger partial charge in [-0.2, -0.15) is 0 Å². The molecule has 5 nitrogen and oxygen atoms in total. The summed E-state index contributed by atoms with van der Waals surface area (Å²) < 4.78 is 1.43. The first kappa shape index (κ1) is 17.2. The molecule has 0 N–H and O–H groups in total. The second-order valence-electron chi connectivity index (χ2n) is 6.08. The quantitative estimate of drug-likeness (QED) is 0.802. The lowest BCUT2D eigenvalue weighted by atomic mass is 10.1. The van der Waals surface area contributed by atoms with E-state index in [0.717, 1.165) is 25.2 Å². The molecule has 1 aliphatic heterocycles. The van der Waals surface area contributed by atoms with Gasteiger partial charge in [0.15, 0.2) is 0 Å². The Hall–Kier alpha value is -2.66. The third-order valence-corrected chi connectivity index (χ3v) is 4.51. The van der Waals surface area contributed by atoms with E-state index in [0.29, 0.717) is 18.8 Å².